The van der Waals surface area contributed by atoms with Gasteiger partial charge in [0.2, 0.25) is 10.0 Å². The molecule has 0 spiro atoms. The first-order valence-corrected chi connectivity index (χ1v) is 6.37. The summed E-state index contributed by atoms with van der Waals surface area (Å²) in [4.78, 5) is -1.01. The Bertz CT molecular complexity index is 558. The summed E-state index contributed by atoms with van der Waals surface area (Å²) in [6.07, 6.45) is 0. The minimum Gasteiger partial charge on any atom is -0.394 e. The van der Waals surface area contributed by atoms with Crippen molar-refractivity contribution in [1.82, 2.24) is 4.72 Å². The summed E-state index contributed by atoms with van der Waals surface area (Å²) in [6.45, 7) is 2.15. The topological polar surface area (TPSA) is 66.4 Å². The van der Waals surface area contributed by atoms with Crippen molar-refractivity contribution in [1.29, 1.82) is 0 Å². The number of benzene rings is 1. The quantitative estimate of drug-likeness (QED) is 0.815. The van der Waals surface area contributed by atoms with E-state index < -0.39 is 44.5 Å². The van der Waals surface area contributed by atoms with Crippen LogP contribution >= 0.6 is 0 Å². The highest BCUT2D eigenvalue weighted by Gasteiger charge is 2.29. The summed E-state index contributed by atoms with van der Waals surface area (Å²) in [5.74, 6) is -5.14. The highest BCUT2D eigenvalue weighted by Crippen LogP contribution is 2.20. The van der Waals surface area contributed by atoms with Gasteiger partial charge in [-0.15, -0.1) is 0 Å². The van der Waals surface area contributed by atoms with Crippen LogP contribution < -0.4 is 4.72 Å². The van der Waals surface area contributed by atoms with Crippen LogP contribution in [-0.2, 0) is 10.0 Å². The predicted molar refractivity (Wildman–Crippen MR) is 57.8 cm³/mol. The Morgan fingerprint density at radius 2 is 1.78 bits per heavy atom. The van der Waals surface area contributed by atoms with Gasteiger partial charge in [-0.05, 0) is 26.0 Å². The van der Waals surface area contributed by atoms with Gasteiger partial charge in [-0.3, -0.25) is 0 Å². The Balaban J connectivity index is 3.27. The Labute approximate surface area is 102 Å². The molecular weight excluding hydrogens is 271 g/mol. The van der Waals surface area contributed by atoms with Crippen molar-refractivity contribution in [2.75, 3.05) is 6.61 Å². The zero-order chi connectivity index (χ0) is 14.1. The zero-order valence-corrected chi connectivity index (χ0v) is 10.5. The van der Waals surface area contributed by atoms with E-state index in [9.17, 15) is 21.6 Å². The van der Waals surface area contributed by atoms with E-state index in [1.807, 2.05) is 4.72 Å². The summed E-state index contributed by atoms with van der Waals surface area (Å²) in [7, 11) is -4.39. The van der Waals surface area contributed by atoms with E-state index in [0.717, 1.165) is 0 Å². The first-order valence-electron chi connectivity index (χ1n) is 4.89. The molecule has 4 nitrogen and oxygen atoms in total. The lowest BCUT2D eigenvalue weighted by Crippen LogP contribution is -2.46. The molecule has 0 atom stereocenters. The van der Waals surface area contributed by atoms with Gasteiger partial charge in [-0.1, -0.05) is 0 Å². The standard InChI is InChI=1S/C10H12F3NO3S/c1-10(2,5-15)14-18(16,17)7-4-3-6(11)8(12)9(7)13/h3-4,14-15H,5H2,1-2H3. The molecule has 0 saturated heterocycles. The average Bonchev–Trinajstić information content (AvgIpc) is 2.24. The van der Waals surface area contributed by atoms with Gasteiger partial charge >= 0.3 is 0 Å². The molecule has 0 heterocycles. The van der Waals surface area contributed by atoms with E-state index in [0.29, 0.717) is 12.1 Å². The largest absolute Gasteiger partial charge is 0.394 e. The number of aliphatic hydroxyl groups is 1. The van der Waals surface area contributed by atoms with Gasteiger partial charge in [-0.2, -0.15) is 0 Å². The third-order valence-corrected chi connectivity index (χ3v) is 3.81. The van der Waals surface area contributed by atoms with Gasteiger partial charge in [0, 0.05) is 0 Å². The molecule has 0 aliphatic heterocycles. The minimum atomic E-state index is -4.39. The monoisotopic (exact) mass is 283 g/mol. The van der Waals surface area contributed by atoms with Crippen LogP contribution in [0.5, 0.6) is 0 Å². The summed E-state index contributed by atoms with van der Waals surface area (Å²) in [5, 5.41) is 8.92. The maximum atomic E-state index is 13.3. The number of halogens is 3. The number of aliphatic hydroxyl groups excluding tert-OH is 1. The summed E-state index contributed by atoms with van der Waals surface area (Å²) < 4.78 is 64.4. The van der Waals surface area contributed by atoms with Crippen molar-refractivity contribution in [3.05, 3.63) is 29.6 Å². The van der Waals surface area contributed by atoms with Crippen molar-refractivity contribution in [3.8, 4) is 0 Å². The summed E-state index contributed by atoms with van der Waals surface area (Å²) in [6, 6.07) is 1.13. The third kappa shape index (κ3) is 3.01. The van der Waals surface area contributed by atoms with Crippen molar-refractivity contribution in [3.63, 3.8) is 0 Å². The Hall–Kier alpha value is -1.12. The molecule has 8 heteroatoms. The van der Waals surface area contributed by atoms with Gasteiger partial charge < -0.3 is 5.11 Å². The number of rotatable bonds is 4. The molecule has 1 aromatic carbocycles. The number of sulfonamides is 1. The molecule has 0 amide bonds. The molecule has 1 rings (SSSR count). The summed E-state index contributed by atoms with van der Waals surface area (Å²) >= 11 is 0. The lowest BCUT2D eigenvalue weighted by Gasteiger charge is -2.23. The van der Waals surface area contributed by atoms with E-state index in [1.165, 1.54) is 13.8 Å². The molecule has 0 saturated carbocycles. The van der Waals surface area contributed by atoms with Crippen LogP contribution in [-0.4, -0.2) is 25.7 Å². The second-order valence-electron chi connectivity index (χ2n) is 4.32. The van der Waals surface area contributed by atoms with Gasteiger partial charge in [0.25, 0.3) is 0 Å². The molecule has 0 unspecified atom stereocenters. The highest BCUT2D eigenvalue weighted by molar-refractivity contribution is 7.89. The van der Waals surface area contributed by atoms with Crippen LogP contribution in [0.3, 0.4) is 0 Å². The molecule has 0 radical (unpaired) electrons. The third-order valence-electron chi connectivity index (χ3n) is 2.10. The highest BCUT2D eigenvalue weighted by atomic mass is 32.2. The molecule has 0 aliphatic rings. The van der Waals surface area contributed by atoms with E-state index in [4.69, 9.17) is 5.11 Å². The smallest absolute Gasteiger partial charge is 0.244 e. The van der Waals surface area contributed by atoms with E-state index >= 15 is 0 Å². The second kappa shape index (κ2) is 4.87. The van der Waals surface area contributed by atoms with Crippen molar-refractivity contribution >= 4 is 10.0 Å². The van der Waals surface area contributed by atoms with Crippen LogP contribution in [0.2, 0.25) is 0 Å². The lowest BCUT2D eigenvalue weighted by molar-refractivity contribution is 0.208. The minimum absolute atomic E-state index is 0.513. The van der Waals surface area contributed by atoms with Crippen LogP contribution in [0.1, 0.15) is 13.8 Å². The fourth-order valence-electron chi connectivity index (χ4n) is 1.17. The zero-order valence-electron chi connectivity index (χ0n) is 9.67. The normalized spacial score (nSPS) is 12.8. The average molecular weight is 283 g/mol. The van der Waals surface area contributed by atoms with Gasteiger partial charge in [-0.25, -0.2) is 26.3 Å². The summed E-state index contributed by atoms with van der Waals surface area (Å²) in [5.41, 5.74) is -1.25. The Kier molecular flexibility index (Phi) is 4.04. The molecule has 18 heavy (non-hydrogen) atoms. The van der Waals surface area contributed by atoms with E-state index in [-0.39, 0.29) is 0 Å². The van der Waals surface area contributed by atoms with Crippen molar-refractivity contribution in [2.24, 2.45) is 0 Å². The predicted octanol–water partition coefficient (Wildman–Crippen LogP) is 1.15. The molecular formula is C10H12F3NO3S. The molecule has 1 aromatic rings. The fraction of sp³-hybridized carbons (Fsp3) is 0.400. The molecule has 2 N–H and O–H groups in total. The van der Waals surface area contributed by atoms with Gasteiger partial charge in [0.1, 0.15) is 4.90 Å². The first kappa shape index (κ1) is 14.9. The lowest BCUT2D eigenvalue weighted by atomic mass is 10.1. The maximum Gasteiger partial charge on any atom is 0.244 e. The van der Waals surface area contributed by atoms with Crippen LogP contribution in [0.15, 0.2) is 17.0 Å². The van der Waals surface area contributed by atoms with Gasteiger partial charge in [0.05, 0.1) is 12.1 Å². The van der Waals surface area contributed by atoms with E-state index in [1.54, 1.807) is 0 Å². The molecule has 0 aliphatic carbocycles. The Morgan fingerprint density at radius 3 is 2.28 bits per heavy atom. The first-order chi connectivity index (χ1) is 8.10. The second-order valence-corrected chi connectivity index (χ2v) is 5.97. The molecule has 0 fully saturated rings. The van der Waals surface area contributed by atoms with Crippen molar-refractivity contribution in [2.45, 2.75) is 24.3 Å². The van der Waals surface area contributed by atoms with E-state index in [2.05, 4.69) is 0 Å². The Morgan fingerprint density at radius 1 is 1.22 bits per heavy atom. The number of hydrogen-bond acceptors (Lipinski definition) is 3. The van der Waals surface area contributed by atoms with Gasteiger partial charge in [0.15, 0.2) is 17.5 Å². The van der Waals surface area contributed by atoms with Crippen LogP contribution in [0.4, 0.5) is 13.2 Å². The number of hydrogen-bond donors (Lipinski definition) is 2. The maximum absolute atomic E-state index is 13.3. The fourth-order valence-corrected chi connectivity index (χ4v) is 2.64. The SMILES string of the molecule is CC(C)(CO)NS(=O)(=O)c1ccc(F)c(F)c1F. The van der Waals surface area contributed by atoms with Crippen LogP contribution in [0.25, 0.3) is 0 Å². The van der Waals surface area contributed by atoms with Crippen LogP contribution in [0, 0.1) is 17.5 Å². The molecule has 0 bridgehead atoms. The van der Waals surface area contributed by atoms with Crippen molar-refractivity contribution < 1.29 is 26.7 Å². The number of nitrogens with one attached hydrogen (secondary N) is 1. The molecule has 0 aromatic heterocycles. The molecule has 102 valence electrons.